The van der Waals surface area contributed by atoms with Crippen LogP contribution in [0.1, 0.15) is 27.2 Å². The molecule has 1 aliphatic rings. The Labute approximate surface area is 56.6 Å². The molecule has 54 valence electrons. The SMILES string of the molecule is C[C@@H]1CC(C)(C)NCO1. The summed E-state index contributed by atoms with van der Waals surface area (Å²) in [6, 6.07) is 0. The zero-order valence-corrected chi connectivity index (χ0v) is 6.40. The van der Waals surface area contributed by atoms with Gasteiger partial charge < -0.3 is 4.74 Å². The van der Waals surface area contributed by atoms with Gasteiger partial charge in [-0.3, -0.25) is 5.32 Å². The van der Waals surface area contributed by atoms with Gasteiger partial charge in [0.05, 0.1) is 12.8 Å². The van der Waals surface area contributed by atoms with Crippen LogP contribution in [0.5, 0.6) is 0 Å². The van der Waals surface area contributed by atoms with Crippen LogP contribution in [0.4, 0.5) is 0 Å². The first-order valence-electron chi connectivity index (χ1n) is 3.47. The van der Waals surface area contributed by atoms with Crippen molar-refractivity contribution in [3.05, 3.63) is 0 Å². The quantitative estimate of drug-likeness (QED) is 0.529. The number of hydrogen-bond donors (Lipinski definition) is 1. The summed E-state index contributed by atoms with van der Waals surface area (Å²) in [6.45, 7) is 7.22. The fourth-order valence-corrected chi connectivity index (χ4v) is 1.23. The van der Waals surface area contributed by atoms with E-state index in [4.69, 9.17) is 4.74 Å². The lowest BCUT2D eigenvalue weighted by Crippen LogP contribution is -2.48. The van der Waals surface area contributed by atoms with E-state index in [2.05, 4.69) is 26.1 Å². The first-order valence-corrected chi connectivity index (χ1v) is 3.47. The first-order chi connectivity index (χ1) is 4.10. The van der Waals surface area contributed by atoms with Crippen LogP contribution in [-0.4, -0.2) is 18.4 Å². The third kappa shape index (κ3) is 1.95. The smallest absolute Gasteiger partial charge is 0.0972 e. The molecule has 1 N–H and O–H groups in total. The van der Waals surface area contributed by atoms with E-state index in [0.717, 1.165) is 6.42 Å². The highest BCUT2D eigenvalue weighted by Crippen LogP contribution is 2.16. The van der Waals surface area contributed by atoms with Gasteiger partial charge in [0.1, 0.15) is 0 Å². The van der Waals surface area contributed by atoms with Crippen molar-refractivity contribution in [1.29, 1.82) is 0 Å². The molecule has 0 aromatic carbocycles. The topological polar surface area (TPSA) is 21.3 Å². The summed E-state index contributed by atoms with van der Waals surface area (Å²) in [7, 11) is 0. The fraction of sp³-hybridized carbons (Fsp3) is 1.00. The standard InChI is InChI=1S/C7H15NO/c1-6-4-7(2,3)8-5-9-6/h6,8H,4-5H2,1-3H3/t6-/m1/s1. The maximum atomic E-state index is 5.30. The van der Waals surface area contributed by atoms with Crippen LogP contribution < -0.4 is 5.32 Å². The highest BCUT2D eigenvalue weighted by Gasteiger charge is 2.24. The molecule has 0 bridgehead atoms. The van der Waals surface area contributed by atoms with E-state index >= 15 is 0 Å². The second-order valence-corrected chi connectivity index (χ2v) is 3.39. The summed E-state index contributed by atoms with van der Waals surface area (Å²) < 4.78 is 5.30. The van der Waals surface area contributed by atoms with Crippen molar-refractivity contribution in [2.24, 2.45) is 0 Å². The van der Waals surface area contributed by atoms with E-state index in [1.54, 1.807) is 0 Å². The maximum Gasteiger partial charge on any atom is 0.0972 e. The summed E-state index contributed by atoms with van der Waals surface area (Å²) in [5.74, 6) is 0. The Hall–Kier alpha value is -0.0800. The minimum atomic E-state index is 0.275. The van der Waals surface area contributed by atoms with E-state index < -0.39 is 0 Å². The van der Waals surface area contributed by atoms with Crippen molar-refractivity contribution in [3.63, 3.8) is 0 Å². The van der Waals surface area contributed by atoms with Gasteiger partial charge >= 0.3 is 0 Å². The third-order valence-corrected chi connectivity index (χ3v) is 1.72. The zero-order valence-electron chi connectivity index (χ0n) is 6.40. The van der Waals surface area contributed by atoms with Crippen LogP contribution in [-0.2, 0) is 4.74 Å². The molecule has 1 saturated heterocycles. The number of hydrogen-bond acceptors (Lipinski definition) is 2. The first kappa shape index (κ1) is 7.03. The van der Waals surface area contributed by atoms with E-state index in [9.17, 15) is 0 Å². The van der Waals surface area contributed by atoms with Crippen LogP contribution in [0.2, 0.25) is 0 Å². The molecule has 1 fully saturated rings. The molecule has 0 radical (unpaired) electrons. The van der Waals surface area contributed by atoms with E-state index in [0.29, 0.717) is 12.8 Å². The average molecular weight is 129 g/mol. The molecule has 2 heteroatoms. The van der Waals surface area contributed by atoms with Gasteiger partial charge in [-0.2, -0.15) is 0 Å². The van der Waals surface area contributed by atoms with E-state index in [1.165, 1.54) is 0 Å². The average Bonchev–Trinajstić information content (AvgIpc) is 1.60. The Balaban J connectivity index is 2.41. The van der Waals surface area contributed by atoms with Crippen LogP contribution in [0, 0.1) is 0 Å². The highest BCUT2D eigenvalue weighted by molar-refractivity contribution is 4.81. The van der Waals surface area contributed by atoms with Crippen LogP contribution in [0.25, 0.3) is 0 Å². The van der Waals surface area contributed by atoms with Crippen LogP contribution >= 0.6 is 0 Å². The summed E-state index contributed by atoms with van der Waals surface area (Å²) in [5, 5.41) is 3.27. The second-order valence-electron chi connectivity index (χ2n) is 3.39. The molecule has 9 heavy (non-hydrogen) atoms. The second kappa shape index (κ2) is 2.27. The molecule has 1 rings (SSSR count). The van der Waals surface area contributed by atoms with Gasteiger partial charge in [0, 0.05) is 5.54 Å². The van der Waals surface area contributed by atoms with Crippen LogP contribution in [0.3, 0.4) is 0 Å². The van der Waals surface area contributed by atoms with Gasteiger partial charge in [-0.15, -0.1) is 0 Å². The van der Waals surface area contributed by atoms with Gasteiger partial charge in [0.25, 0.3) is 0 Å². The fourth-order valence-electron chi connectivity index (χ4n) is 1.23. The normalized spacial score (nSPS) is 34.3. The lowest BCUT2D eigenvalue weighted by atomic mass is 9.97. The molecule has 0 aliphatic carbocycles. The van der Waals surface area contributed by atoms with Crippen molar-refractivity contribution in [1.82, 2.24) is 5.32 Å². The molecular weight excluding hydrogens is 114 g/mol. The van der Waals surface area contributed by atoms with E-state index in [-0.39, 0.29) is 5.54 Å². The minimum Gasteiger partial charge on any atom is -0.363 e. The molecule has 1 atom stereocenters. The van der Waals surface area contributed by atoms with Gasteiger partial charge in [-0.05, 0) is 27.2 Å². The minimum absolute atomic E-state index is 0.275. The summed E-state index contributed by atoms with van der Waals surface area (Å²) in [4.78, 5) is 0. The van der Waals surface area contributed by atoms with Crippen molar-refractivity contribution in [2.45, 2.75) is 38.8 Å². The molecule has 0 spiro atoms. The van der Waals surface area contributed by atoms with Gasteiger partial charge in [0.15, 0.2) is 0 Å². The summed E-state index contributed by atoms with van der Waals surface area (Å²) in [6.07, 6.45) is 1.52. The summed E-state index contributed by atoms with van der Waals surface area (Å²) >= 11 is 0. The van der Waals surface area contributed by atoms with Crippen molar-refractivity contribution >= 4 is 0 Å². The predicted octanol–water partition coefficient (Wildman–Crippen LogP) is 1.12. The van der Waals surface area contributed by atoms with Gasteiger partial charge in [0.2, 0.25) is 0 Å². The molecule has 0 aromatic heterocycles. The van der Waals surface area contributed by atoms with E-state index in [1.807, 2.05) is 0 Å². The van der Waals surface area contributed by atoms with Crippen molar-refractivity contribution < 1.29 is 4.74 Å². The zero-order chi connectivity index (χ0) is 6.91. The molecule has 0 saturated carbocycles. The molecular formula is C7H15NO. The predicted molar refractivity (Wildman–Crippen MR) is 37.2 cm³/mol. The lowest BCUT2D eigenvalue weighted by Gasteiger charge is -2.34. The monoisotopic (exact) mass is 129 g/mol. The van der Waals surface area contributed by atoms with Gasteiger partial charge in [-0.25, -0.2) is 0 Å². The Kier molecular flexibility index (Phi) is 1.78. The highest BCUT2D eigenvalue weighted by atomic mass is 16.5. The Bertz CT molecular complexity index is 101. The molecule has 0 unspecified atom stereocenters. The Morgan fingerprint density at radius 2 is 2.22 bits per heavy atom. The molecule has 0 aromatic rings. The maximum absolute atomic E-state index is 5.30. The molecule has 1 heterocycles. The van der Waals surface area contributed by atoms with Gasteiger partial charge in [-0.1, -0.05) is 0 Å². The molecule has 0 amide bonds. The molecule has 2 nitrogen and oxygen atoms in total. The number of nitrogens with one attached hydrogen (secondary N) is 1. The third-order valence-electron chi connectivity index (χ3n) is 1.72. The van der Waals surface area contributed by atoms with Crippen molar-refractivity contribution in [2.75, 3.05) is 6.73 Å². The number of rotatable bonds is 0. The largest absolute Gasteiger partial charge is 0.363 e. The Morgan fingerprint density at radius 3 is 2.56 bits per heavy atom. The van der Waals surface area contributed by atoms with Crippen molar-refractivity contribution in [3.8, 4) is 0 Å². The Morgan fingerprint density at radius 1 is 1.56 bits per heavy atom. The molecule has 1 aliphatic heterocycles. The summed E-state index contributed by atoms with van der Waals surface area (Å²) in [5.41, 5.74) is 0.275. The lowest BCUT2D eigenvalue weighted by molar-refractivity contribution is -0.0220. The van der Waals surface area contributed by atoms with Crippen LogP contribution in [0.15, 0.2) is 0 Å². The number of ether oxygens (including phenoxy) is 1.